The van der Waals surface area contributed by atoms with Crippen LogP contribution in [-0.4, -0.2) is 29.9 Å². The fourth-order valence-electron chi connectivity index (χ4n) is 1.71. The monoisotopic (exact) mass is 256 g/mol. The first kappa shape index (κ1) is 11.2. The molecule has 0 amide bonds. The van der Waals surface area contributed by atoms with E-state index in [0.29, 0.717) is 17.3 Å². The zero-order valence-corrected chi connectivity index (χ0v) is 10.2. The minimum Gasteiger partial charge on any atom is -0.384 e. The maximum atomic E-state index is 5.77. The number of rotatable bonds is 3. The lowest BCUT2D eigenvalue weighted by Crippen LogP contribution is -1.95. The smallest absolute Gasteiger partial charge is 0.134 e. The number of aromatic nitrogens is 6. The Bertz CT molecular complexity index is 698. The second-order valence-electron chi connectivity index (χ2n) is 4.01. The van der Waals surface area contributed by atoms with E-state index in [1.54, 1.807) is 23.1 Å². The molecule has 0 atom stereocenters. The van der Waals surface area contributed by atoms with Gasteiger partial charge in [0.25, 0.3) is 0 Å². The fraction of sp³-hybridized carbons (Fsp3) is 0.0909. The third-order valence-electron chi connectivity index (χ3n) is 2.59. The molecular formula is C11H12N8. The van der Waals surface area contributed by atoms with Gasteiger partial charge in [0.15, 0.2) is 0 Å². The highest BCUT2D eigenvalue weighted by molar-refractivity contribution is 5.72. The highest BCUT2D eigenvalue weighted by Gasteiger charge is 2.07. The second-order valence-corrected chi connectivity index (χ2v) is 4.01. The van der Waals surface area contributed by atoms with Gasteiger partial charge in [-0.25, -0.2) is 9.97 Å². The van der Waals surface area contributed by atoms with Crippen LogP contribution in [0.4, 0.5) is 17.3 Å². The lowest BCUT2D eigenvalue weighted by atomic mass is 10.2. The summed E-state index contributed by atoms with van der Waals surface area (Å²) in [7, 11) is 1.85. The van der Waals surface area contributed by atoms with E-state index in [4.69, 9.17) is 5.73 Å². The molecule has 4 N–H and O–H groups in total. The number of aryl methyl sites for hydroxylation is 1. The Labute approximate surface area is 108 Å². The van der Waals surface area contributed by atoms with Crippen LogP contribution >= 0.6 is 0 Å². The van der Waals surface area contributed by atoms with Crippen LogP contribution in [0.2, 0.25) is 0 Å². The molecule has 3 rings (SSSR count). The van der Waals surface area contributed by atoms with Gasteiger partial charge in [0.1, 0.15) is 18.0 Å². The largest absolute Gasteiger partial charge is 0.384 e. The summed E-state index contributed by atoms with van der Waals surface area (Å²) in [4.78, 5) is 8.33. The Kier molecular flexibility index (Phi) is 2.60. The quantitative estimate of drug-likeness (QED) is 0.642. The Balaban J connectivity index is 1.90. The molecule has 0 fully saturated rings. The summed E-state index contributed by atoms with van der Waals surface area (Å²) in [6.45, 7) is 0. The highest BCUT2D eigenvalue weighted by atomic mass is 15.3. The molecule has 0 aliphatic rings. The van der Waals surface area contributed by atoms with Crippen LogP contribution in [0, 0.1) is 0 Å². The van der Waals surface area contributed by atoms with Gasteiger partial charge in [0.2, 0.25) is 0 Å². The number of H-pyrrole nitrogens is 1. The van der Waals surface area contributed by atoms with Crippen LogP contribution in [0.25, 0.3) is 11.3 Å². The van der Waals surface area contributed by atoms with Crippen LogP contribution in [0.15, 0.2) is 31.0 Å². The first-order valence-electron chi connectivity index (χ1n) is 5.59. The van der Waals surface area contributed by atoms with E-state index in [2.05, 4.69) is 30.6 Å². The highest BCUT2D eigenvalue weighted by Crippen LogP contribution is 2.23. The van der Waals surface area contributed by atoms with Gasteiger partial charge in [-0.1, -0.05) is 0 Å². The van der Waals surface area contributed by atoms with Crippen LogP contribution in [-0.2, 0) is 7.05 Å². The molecule has 8 nitrogen and oxygen atoms in total. The molecule has 0 radical (unpaired) electrons. The number of aromatic amines is 1. The van der Waals surface area contributed by atoms with Crippen molar-refractivity contribution in [2.75, 3.05) is 11.1 Å². The van der Waals surface area contributed by atoms with Crippen molar-refractivity contribution in [1.82, 2.24) is 29.9 Å². The third-order valence-corrected chi connectivity index (χ3v) is 2.59. The molecule has 0 aliphatic carbocycles. The standard InChI is InChI=1S/C11H12N8/c1-19-5-7(3-16-19)17-10-2-9(13-6-14-10)8-4-15-18-11(8)12/h2-6H,1H3,(H3,12,15,18)(H,13,14,17). The fourth-order valence-corrected chi connectivity index (χ4v) is 1.71. The zero-order valence-electron chi connectivity index (χ0n) is 10.2. The molecule has 0 spiro atoms. The number of anilines is 3. The van der Waals surface area contributed by atoms with Crippen LogP contribution in [0.3, 0.4) is 0 Å². The van der Waals surface area contributed by atoms with Gasteiger partial charge in [0.05, 0.1) is 29.3 Å². The number of nitrogens with zero attached hydrogens (tertiary/aromatic N) is 5. The Morgan fingerprint density at radius 3 is 2.89 bits per heavy atom. The molecule has 8 heteroatoms. The molecule has 0 unspecified atom stereocenters. The second kappa shape index (κ2) is 4.41. The van der Waals surface area contributed by atoms with Crippen molar-refractivity contribution in [2.45, 2.75) is 0 Å². The predicted molar refractivity (Wildman–Crippen MR) is 70.5 cm³/mol. The first-order valence-corrected chi connectivity index (χ1v) is 5.59. The molecule has 3 aromatic rings. The van der Waals surface area contributed by atoms with Crippen molar-refractivity contribution in [3.05, 3.63) is 31.0 Å². The molecule has 0 bridgehead atoms. The van der Waals surface area contributed by atoms with Gasteiger partial charge in [-0.3, -0.25) is 9.78 Å². The van der Waals surface area contributed by atoms with Crippen molar-refractivity contribution in [3.63, 3.8) is 0 Å². The van der Waals surface area contributed by atoms with Gasteiger partial charge in [-0.05, 0) is 0 Å². The average molecular weight is 256 g/mol. The van der Waals surface area contributed by atoms with E-state index in [9.17, 15) is 0 Å². The van der Waals surface area contributed by atoms with Crippen molar-refractivity contribution in [2.24, 2.45) is 7.05 Å². The maximum Gasteiger partial charge on any atom is 0.134 e. The molecule has 3 heterocycles. The minimum absolute atomic E-state index is 0.478. The lowest BCUT2D eigenvalue weighted by Gasteiger charge is -2.04. The predicted octanol–water partition coefficient (Wildman–Crippen LogP) is 0.926. The number of hydrogen-bond donors (Lipinski definition) is 3. The number of nitrogens with one attached hydrogen (secondary N) is 2. The van der Waals surface area contributed by atoms with E-state index in [1.807, 2.05) is 13.2 Å². The third kappa shape index (κ3) is 2.23. The summed E-state index contributed by atoms with van der Waals surface area (Å²) in [5, 5.41) is 13.8. The van der Waals surface area contributed by atoms with Gasteiger partial charge in [-0.2, -0.15) is 10.2 Å². The Morgan fingerprint density at radius 2 is 2.21 bits per heavy atom. The molecule has 0 saturated heterocycles. The first-order chi connectivity index (χ1) is 9.22. The molecule has 0 aromatic carbocycles. The Hall–Kier alpha value is -2.90. The Morgan fingerprint density at radius 1 is 1.32 bits per heavy atom. The summed E-state index contributed by atoms with van der Waals surface area (Å²) in [6, 6.07) is 1.80. The van der Waals surface area contributed by atoms with Crippen LogP contribution < -0.4 is 11.1 Å². The van der Waals surface area contributed by atoms with Gasteiger partial charge in [-0.15, -0.1) is 0 Å². The SMILES string of the molecule is Cn1cc(Nc2cc(-c3cn[nH]c3N)ncn2)cn1. The van der Waals surface area contributed by atoms with Crippen molar-refractivity contribution >= 4 is 17.3 Å². The topological polar surface area (TPSA) is 110 Å². The number of nitrogen functional groups attached to an aromatic ring is 1. The van der Waals surface area contributed by atoms with E-state index in [1.165, 1.54) is 6.33 Å². The summed E-state index contributed by atoms with van der Waals surface area (Å²) in [6.07, 6.45) is 6.67. The zero-order chi connectivity index (χ0) is 13.2. The lowest BCUT2D eigenvalue weighted by molar-refractivity contribution is 0.768. The molecule has 96 valence electrons. The van der Waals surface area contributed by atoms with E-state index in [-0.39, 0.29) is 0 Å². The summed E-state index contributed by atoms with van der Waals surface area (Å²) in [5.41, 5.74) is 8.07. The van der Waals surface area contributed by atoms with Crippen LogP contribution in [0.5, 0.6) is 0 Å². The van der Waals surface area contributed by atoms with Crippen molar-refractivity contribution in [1.29, 1.82) is 0 Å². The van der Waals surface area contributed by atoms with E-state index in [0.717, 1.165) is 11.3 Å². The number of nitrogens with two attached hydrogens (primary N) is 1. The molecule has 0 aliphatic heterocycles. The van der Waals surface area contributed by atoms with E-state index < -0.39 is 0 Å². The van der Waals surface area contributed by atoms with Gasteiger partial charge in [0, 0.05) is 19.3 Å². The summed E-state index contributed by atoms with van der Waals surface area (Å²) < 4.78 is 1.71. The summed E-state index contributed by atoms with van der Waals surface area (Å²) in [5.74, 6) is 1.14. The number of hydrogen-bond acceptors (Lipinski definition) is 6. The van der Waals surface area contributed by atoms with Gasteiger partial charge >= 0.3 is 0 Å². The molecule has 0 saturated carbocycles. The molecular weight excluding hydrogens is 244 g/mol. The van der Waals surface area contributed by atoms with Crippen LogP contribution in [0.1, 0.15) is 0 Å². The molecule has 3 aromatic heterocycles. The maximum absolute atomic E-state index is 5.77. The van der Waals surface area contributed by atoms with E-state index >= 15 is 0 Å². The normalized spacial score (nSPS) is 10.6. The van der Waals surface area contributed by atoms with Gasteiger partial charge < -0.3 is 11.1 Å². The molecule has 19 heavy (non-hydrogen) atoms. The average Bonchev–Trinajstić information content (AvgIpc) is 2.99. The minimum atomic E-state index is 0.478. The summed E-state index contributed by atoms with van der Waals surface area (Å²) >= 11 is 0. The van der Waals surface area contributed by atoms with Crippen molar-refractivity contribution in [3.8, 4) is 11.3 Å². The van der Waals surface area contributed by atoms with Crippen molar-refractivity contribution < 1.29 is 0 Å².